The summed E-state index contributed by atoms with van der Waals surface area (Å²) in [5, 5.41) is 0. The highest BCUT2D eigenvalue weighted by molar-refractivity contribution is 6.07. The average Bonchev–Trinajstić information content (AvgIpc) is 2.59. The molecule has 0 spiro atoms. The molecule has 2 aromatic carbocycles. The largest absolute Gasteiger partial charge is 0.496 e. The van der Waals surface area contributed by atoms with Crippen molar-refractivity contribution in [3.8, 4) is 11.5 Å². The molecule has 0 aromatic heterocycles. The molecule has 1 aliphatic heterocycles. The van der Waals surface area contributed by atoms with Gasteiger partial charge in [0, 0.05) is 11.1 Å². The van der Waals surface area contributed by atoms with Crippen LogP contribution in [0.15, 0.2) is 48.6 Å². The Morgan fingerprint density at radius 2 is 1.96 bits per heavy atom. The molecule has 0 saturated carbocycles. The number of aryl methyl sites for hydroxylation is 1. The van der Waals surface area contributed by atoms with E-state index in [1.165, 1.54) is 0 Å². The number of carbonyl (C=O) groups excluding carboxylic acids is 1. The van der Waals surface area contributed by atoms with Crippen LogP contribution in [0.5, 0.6) is 11.5 Å². The topological polar surface area (TPSA) is 35.5 Å². The van der Waals surface area contributed by atoms with E-state index >= 15 is 0 Å². The second-order valence-corrected chi connectivity index (χ2v) is 6.72. The Balaban J connectivity index is 1.80. The summed E-state index contributed by atoms with van der Waals surface area (Å²) in [6.07, 6.45) is 7.39. The number of benzene rings is 2. The zero-order valence-corrected chi connectivity index (χ0v) is 15.0. The van der Waals surface area contributed by atoms with Gasteiger partial charge in [0.1, 0.15) is 17.1 Å². The summed E-state index contributed by atoms with van der Waals surface area (Å²) < 4.78 is 11.2. The van der Waals surface area contributed by atoms with E-state index in [0.717, 1.165) is 28.2 Å². The Kier molecular flexibility index (Phi) is 4.49. The molecule has 2 aromatic rings. The lowest BCUT2D eigenvalue weighted by Crippen LogP contribution is -2.27. The number of hydrogen-bond donors (Lipinski definition) is 0. The van der Waals surface area contributed by atoms with E-state index in [4.69, 9.17) is 9.47 Å². The smallest absolute Gasteiger partial charge is 0.185 e. The predicted molar refractivity (Wildman–Crippen MR) is 101 cm³/mol. The van der Waals surface area contributed by atoms with Gasteiger partial charge in [-0.3, -0.25) is 4.79 Å². The van der Waals surface area contributed by atoms with Crippen LogP contribution in [0.25, 0.3) is 12.2 Å². The zero-order valence-electron chi connectivity index (χ0n) is 15.0. The molecule has 3 heteroatoms. The molecule has 3 nitrogen and oxygen atoms in total. The van der Waals surface area contributed by atoms with E-state index in [-0.39, 0.29) is 11.4 Å². The van der Waals surface area contributed by atoms with Crippen LogP contribution in [0.3, 0.4) is 0 Å². The molecular formula is C22H22O3. The number of hydrogen-bond acceptors (Lipinski definition) is 3. The molecular weight excluding hydrogens is 312 g/mol. The van der Waals surface area contributed by atoms with Gasteiger partial charge in [0.2, 0.25) is 0 Å². The second-order valence-electron chi connectivity index (χ2n) is 6.72. The third-order valence-corrected chi connectivity index (χ3v) is 4.19. The van der Waals surface area contributed by atoms with Gasteiger partial charge < -0.3 is 9.47 Å². The van der Waals surface area contributed by atoms with Crippen molar-refractivity contribution >= 4 is 17.9 Å². The average molecular weight is 334 g/mol. The quantitative estimate of drug-likeness (QED) is 0.577. The first-order valence-corrected chi connectivity index (χ1v) is 8.27. The van der Waals surface area contributed by atoms with Gasteiger partial charge in [0.15, 0.2) is 5.78 Å². The van der Waals surface area contributed by atoms with Crippen LogP contribution < -0.4 is 9.47 Å². The first-order chi connectivity index (χ1) is 11.9. The third-order valence-electron chi connectivity index (χ3n) is 4.19. The van der Waals surface area contributed by atoms with Crippen molar-refractivity contribution in [1.29, 1.82) is 0 Å². The van der Waals surface area contributed by atoms with Crippen LogP contribution >= 0.6 is 0 Å². The summed E-state index contributed by atoms with van der Waals surface area (Å²) in [5.41, 5.74) is 3.25. The summed E-state index contributed by atoms with van der Waals surface area (Å²) in [5.74, 6) is 1.57. The molecule has 3 rings (SSSR count). The van der Waals surface area contributed by atoms with Gasteiger partial charge in [0.25, 0.3) is 0 Å². The maximum Gasteiger partial charge on any atom is 0.185 e. The lowest BCUT2D eigenvalue weighted by atomic mass is 9.99. The number of allylic oxidation sites excluding steroid dienone is 1. The van der Waals surface area contributed by atoms with E-state index in [1.54, 1.807) is 25.3 Å². The van der Waals surface area contributed by atoms with E-state index in [9.17, 15) is 4.79 Å². The molecule has 0 fully saturated rings. The van der Waals surface area contributed by atoms with Gasteiger partial charge in [-0.2, -0.15) is 0 Å². The van der Waals surface area contributed by atoms with E-state index < -0.39 is 0 Å². The molecule has 0 aliphatic carbocycles. The van der Waals surface area contributed by atoms with Crippen LogP contribution in [0, 0.1) is 6.92 Å². The number of rotatable bonds is 4. The summed E-state index contributed by atoms with van der Waals surface area (Å²) in [6, 6.07) is 11.4. The molecule has 0 atom stereocenters. The van der Waals surface area contributed by atoms with Crippen LogP contribution in [0.2, 0.25) is 0 Å². The number of fused-ring (bicyclic) bond motifs is 1. The van der Waals surface area contributed by atoms with Gasteiger partial charge in [-0.05, 0) is 68.3 Å². The lowest BCUT2D eigenvalue weighted by Gasteiger charge is -2.27. The third kappa shape index (κ3) is 3.82. The molecule has 128 valence electrons. The van der Waals surface area contributed by atoms with Crippen LogP contribution in [-0.4, -0.2) is 18.5 Å². The van der Waals surface area contributed by atoms with Gasteiger partial charge >= 0.3 is 0 Å². The molecule has 0 radical (unpaired) electrons. The van der Waals surface area contributed by atoms with Crippen molar-refractivity contribution in [1.82, 2.24) is 0 Å². The predicted octanol–water partition coefficient (Wildman–Crippen LogP) is 5.08. The molecule has 0 bridgehead atoms. The number of carbonyl (C=O) groups is 1. The summed E-state index contributed by atoms with van der Waals surface area (Å²) in [7, 11) is 1.64. The molecule has 25 heavy (non-hydrogen) atoms. The fourth-order valence-corrected chi connectivity index (χ4v) is 2.74. The van der Waals surface area contributed by atoms with Gasteiger partial charge in [0.05, 0.1) is 7.11 Å². The first kappa shape index (κ1) is 17.0. The van der Waals surface area contributed by atoms with E-state index in [1.807, 2.05) is 63.3 Å². The Labute approximate surface area is 148 Å². The molecule has 0 saturated heterocycles. The van der Waals surface area contributed by atoms with Crippen molar-refractivity contribution in [2.24, 2.45) is 0 Å². The molecule has 0 N–H and O–H groups in total. The number of ketones is 1. The lowest BCUT2D eigenvalue weighted by molar-refractivity contribution is 0.104. The van der Waals surface area contributed by atoms with Crippen LogP contribution in [0.1, 0.15) is 40.9 Å². The number of methoxy groups -OCH3 is 1. The van der Waals surface area contributed by atoms with Crippen molar-refractivity contribution in [3.05, 3.63) is 70.8 Å². The standard InChI is InChI=1S/C22H22O3/c1-15-5-6-16(13-21(15)24-4)7-9-19(23)17-8-10-20-18(14-17)11-12-22(2,3)25-20/h5-14H,1-4H3/b9-7+. The SMILES string of the molecule is COc1cc(/C=C/C(=O)c2ccc3c(c2)C=CC(C)(C)O3)ccc1C. The zero-order chi connectivity index (χ0) is 18.0. The van der Waals surface area contributed by atoms with E-state index in [0.29, 0.717) is 5.56 Å². The Morgan fingerprint density at radius 3 is 2.72 bits per heavy atom. The highest BCUT2D eigenvalue weighted by atomic mass is 16.5. The Bertz CT molecular complexity index is 873. The fraction of sp³-hybridized carbons (Fsp3) is 0.227. The normalized spacial score (nSPS) is 14.9. The van der Waals surface area contributed by atoms with Gasteiger partial charge in [-0.25, -0.2) is 0 Å². The fourth-order valence-electron chi connectivity index (χ4n) is 2.74. The highest BCUT2D eigenvalue weighted by Crippen LogP contribution is 2.31. The highest BCUT2D eigenvalue weighted by Gasteiger charge is 2.21. The number of ether oxygens (including phenoxy) is 2. The van der Waals surface area contributed by atoms with Crippen molar-refractivity contribution in [3.63, 3.8) is 0 Å². The van der Waals surface area contributed by atoms with Gasteiger partial charge in [-0.1, -0.05) is 24.3 Å². The summed E-state index contributed by atoms with van der Waals surface area (Å²) >= 11 is 0. The maximum atomic E-state index is 12.5. The summed E-state index contributed by atoms with van der Waals surface area (Å²) in [4.78, 5) is 12.5. The monoisotopic (exact) mass is 334 g/mol. The second kappa shape index (κ2) is 6.60. The molecule has 1 aliphatic rings. The van der Waals surface area contributed by atoms with Crippen molar-refractivity contribution < 1.29 is 14.3 Å². The van der Waals surface area contributed by atoms with Gasteiger partial charge in [-0.15, -0.1) is 0 Å². The van der Waals surface area contributed by atoms with Crippen LogP contribution in [0.4, 0.5) is 0 Å². The molecule has 1 heterocycles. The minimum atomic E-state index is -0.317. The Morgan fingerprint density at radius 1 is 1.16 bits per heavy atom. The van der Waals surface area contributed by atoms with Crippen molar-refractivity contribution in [2.45, 2.75) is 26.4 Å². The molecule has 0 unspecified atom stereocenters. The first-order valence-electron chi connectivity index (χ1n) is 8.27. The Hall–Kier alpha value is -2.81. The molecule has 0 amide bonds. The maximum absolute atomic E-state index is 12.5. The minimum absolute atomic E-state index is 0.0411. The van der Waals surface area contributed by atoms with Crippen LogP contribution in [-0.2, 0) is 0 Å². The van der Waals surface area contributed by atoms with E-state index in [2.05, 4.69) is 0 Å². The minimum Gasteiger partial charge on any atom is -0.496 e. The van der Waals surface area contributed by atoms with Crippen molar-refractivity contribution in [2.75, 3.05) is 7.11 Å². The summed E-state index contributed by atoms with van der Waals surface area (Å²) in [6.45, 7) is 6.00.